The fourth-order valence-corrected chi connectivity index (χ4v) is 3.22. The number of amides is 1. The molecule has 0 saturated heterocycles. The van der Waals surface area contributed by atoms with Gasteiger partial charge in [0.25, 0.3) is 5.91 Å². The lowest BCUT2D eigenvalue weighted by atomic mass is 10.0. The Morgan fingerprint density at radius 1 is 1.20 bits per heavy atom. The average molecular weight is 380 g/mol. The number of halogens is 2. The summed E-state index contributed by atoms with van der Waals surface area (Å²) >= 11 is 12.5. The summed E-state index contributed by atoms with van der Waals surface area (Å²) in [4.78, 5) is 25.6. The minimum absolute atomic E-state index is 0.0603. The van der Waals surface area contributed by atoms with Gasteiger partial charge >= 0.3 is 5.97 Å². The van der Waals surface area contributed by atoms with Gasteiger partial charge in [-0.15, -0.1) is 0 Å². The largest absolute Gasteiger partial charge is 0.478 e. The first-order valence-electron chi connectivity index (χ1n) is 7.52. The highest BCUT2D eigenvalue weighted by molar-refractivity contribution is 6.36. The predicted octanol–water partition coefficient (Wildman–Crippen LogP) is 4.40. The molecular weight excluding hydrogens is 365 g/mol. The molecule has 25 heavy (non-hydrogen) atoms. The SMILES string of the molecule is CC1(C)Oc2ccc(C(=O)O)cc2N(Cc2c(Cl)cccc2Cl)C1=O. The molecule has 1 N–H and O–H groups in total. The molecular formula is C18H15Cl2NO4. The Morgan fingerprint density at radius 2 is 1.84 bits per heavy atom. The topological polar surface area (TPSA) is 66.8 Å². The maximum Gasteiger partial charge on any atom is 0.335 e. The summed E-state index contributed by atoms with van der Waals surface area (Å²) in [7, 11) is 0. The van der Waals surface area contributed by atoms with Gasteiger partial charge in [-0.3, -0.25) is 4.79 Å². The molecule has 0 unspecified atom stereocenters. The third-order valence-electron chi connectivity index (χ3n) is 4.00. The number of carbonyl (C=O) groups is 2. The Hall–Kier alpha value is -2.24. The minimum Gasteiger partial charge on any atom is -0.478 e. The van der Waals surface area contributed by atoms with E-state index in [9.17, 15) is 14.7 Å². The first-order chi connectivity index (χ1) is 11.7. The van der Waals surface area contributed by atoms with Gasteiger partial charge in [0, 0.05) is 15.6 Å². The molecule has 2 aromatic rings. The molecule has 0 radical (unpaired) electrons. The first kappa shape index (κ1) is 17.6. The van der Waals surface area contributed by atoms with Crippen LogP contribution in [0, 0.1) is 0 Å². The monoisotopic (exact) mass is 379 g/mol. The first-order valence-corrected chi connectivity index (χ1v) is 8.27. The molecule has 1 amide bonds. The van der Waals surface area contributed by atoms with Crippen molar-refractivity contribution in [3.63, 3.8) is 0 Å². The van der Waals surface area contributed by atoms with E-state index in [0.717, 1.165) is 0 Å². The van der Waals surface area contributed by atoms with Crippen molar-refractivity contribution in [3.8, 4) is 5.75 Å². The lowest BCUT2D eigenvalue weighted by Crippen LogP contribution is -2.52. The van der Waals surface area contributed by atoms with Gasteiger partial charge < -0.3 is 14.7 Å². The molecule has 130 valence electrons. The molecule has 0 aromatic heterocycles. The number of fused-ring (bicyclic) bond motifs is 1. The van der Waals surface area contributed by atoms with Crippen molar-refractivity contribution in [2.45, 2.75) is 26.0 Å². The minimum atomic E-state index is -1.09. The van der Waals surface area contributed by atoms with Gasteiger partial charge in [0.15, 0.2) is 5.60 Å². The van der Waals surface area contributed by atoms with Crippen LogP contribution in [0.4, 0.5) is 5.69 Å². The Kier molecular flexibility index (Phi) is 4.39. The summed E-state index contributed by atoms with van der Waals surface area (Å²) in [5.74, 6) is -0.966. The number of benzene rings is 2. The van der Waals surface area contributed by atoms with Crippen molar-refractivity contribution in [2.24, 2.45) is 0 Å². The number of anilines is 1. The Labute approximate surface area is 154 Å². The molecule has 0 fully saturated rings. The highest BCUT2D eigenvalue weighted by Crippen LogP contribution is 2.40. The summed E-state index contributed by atoms with van der Waals surface area (Å²) in [6.45, 7) is 3.43. The number of hydrogen-bond acceptors (Lipinski definition) is 3. The van der Waals surface area contributed by atoms with Crippen LogP contribution in [-0.2, 0) is 11.3 Å². The second kappa shape index (κ2) is 6.24. The lowest BCUT2D eigenvalue weighted by molar-refractivity contribution is -0.132. The van der Waals surface area contributed by atoms with Gasteiger partial charge in [0.1, 0.15) is 5.75 Å². The predicted molar refractivity (Wildman–Crippen MR) is 95.8 cm³/mol. The summed E-state index contributed by atoms with van der Waals surface area (Å²) in [6.07, 6.45) is 0. The van der Waals surface area contributed by atoms with Gasteiger partial charge in [-0.2, -0.15) is 0 Å². The molecule has 2 aromatic carbocycles. The van der Waals surface area contributed by atoms with Crippen LogP contribution in [0.5, 0.6) is 5.75 Å². The summed E-state index contributed by atoms with van der Waals surface area (Å²) in [5, 5.41) is 10.1. The van der Waals surface area contributed by atoms with Crippen molar-refractivity contribution in [1.82, 2.24) is 0 Å². The van der Waals surface area contributed by atoms with Gasteiger partial charge in [-0.05, 0) is 44.2 Å². The van der Waals surface area contributed by atoms with E-state index in [1.807, 2.05) is 0 Å². The zero-order chi connectivity index (χ0) is 18.4. The molecule has 0 spiro atoms. The number of carbonyl (C=O) groups excluding carboxylic acids is 1. The second-order valence-electron chi connectivity index (χ2n) is 6.19. The summed E-state index contributed by atoms with van der Waals surface area (Å²) in [6, 6.07) is 9.49. The lowest BCUT2D eigenvalue weighted by Gasteiger charge is -2.39. The van der Waals surface area contributed by atoms with E-state index in [2.05, 4.69) is 0 Å². The van der Waals surface area contributed by atoms with Crippen molar-refractivity contribution in [3.05, 3.63) is 57.6 Å². The standard InChI is InChI=1S/C18H15Cl2NO4/c1-18(2)17(24)21(9-11-12(19)4-3-5-13(11)20)14-8-10(16(22)23)6-7-15(14)25-18/h3-8H,9H2,1-2H3,(H,22,23). The van der Waals surface area contributed by atoms with Gasteiger partial charge in [-0.25, -0.2) is 4.79 Å². The highest BCUT2D eigenvalue weighted by atomic mass is 35.5. The van der Waals surface area contributed by atoms with E-state index < -0.39 is 11.6 Å². The number of carboxylic acid groups (broad SMARTS) is 1. The molecule has 1 heterocycles. The molecule has 5 nitrogen and oxygen atoms in total. The van der Waals surface area contributed by atoms with Crippen LogP contribution in [0.3, 0.4) is 0 Å². The van der Waals surface area contributed by atoms with E-state index in [1.165, 1.54) is 17.0 Å². The summed E-state index contributed by atoms with van der Waals surface area (Å²) < 4.78 is 5.74. The molecule has 0 saturated carbocycles. The third kappa shape index (κ3) is 3.17. The number of aromatic carboxylic acids is 1. The molecule has 0 aliphatic carbocycles. The number of rotatable bonds is 3. The normalized spacial score (nSPS) is 15.5. The molecule has 1 aliphatic rings. The average Bonchev–Trinajstić information content (AvgIpc) is 2.53. The van der Waals surface area contributed by atoms with Crippen LogP contribution in [0.25, 0.3) is 0 Å². The zero-order valence-corrected chi connectivity index (χ0v) is 15.1. The van der Waals surface area contributed by atoms with Gasteiger partial charge in [0.05, 0.1) is 17.8 Å². The molecule has 7 heteroatoms. The number of hydrogen-bond donors (Lipinski definition) is 1. The molecule has 0 atom stereocenters. The van der Waals surface area contributed by atoms with Gasteiger partial charge in [0.2, 0.25) is 0 Å². The van der Waals surface area contributed by atoms with Crippen LogP contribution in [0.15, 0.2) is 36.4 Å². The number of nitrogens with zero attached hydrogens (tertiary/aromatic N) is 1. The molecule has 1 aliphatic heterocycles. The molecule has 3 rings (SSSR count). The van der Waals surface area contributed by atoms with Crippen LogP contribution >= 0.6 is 23.2 Å². The van der Waals surface area contributed by atoms with Gasteiger partial charge in [-0.1, -0.05) is 29.3 Å². The quantitative estimate of drug-likeness (QED) is 0.858. The Bertz CT molecular complexity index is 859. The highest BCUT2D eigenvalue weighted by Gasteiger charge is 2.41. The maximum absolute atomic E-state index is 12.9. The number of carboxylic acids is 1. The van der Waals surface area contributed by atoms with Crippen molar-refractivity contribution < 1.29 is 19.4 Å². The van der Waals surface area contributed by atoms with Crippen molar-refractivity contribution >= 4 is 40.8 Å². The van der Waals surface area contributed by atoms with Crippen LogP contribution in [-0.4, -0.2) is 22.6 Å². The maximum atomic E-state index is 12.9. The summed E-state index contributed by atoms with van der Waals surface area (Å²) in [5.41, 5.74) is -0.0697. The Balaban J connectivity index is 2.13. The van der Waals surface area contributed by atoms with E-state index >= 15 is 0 Å². The van der Waals surface area contributed by atoms with E-state index in [-0.39, 0.29) is 18.0 Å². The smallest absolute Gasteiger partial charge is 0.335 e. The fourth-order valence-electron chi connectivity index (χ4n) is 2.70. The van der Waals surface area contributed by atoms with Crippen molar-refractivity contribution in [2.75, 3.05) is 4.90 Å². The van der Waals surface area contributed by atoms with E-state index in [1.54, 1.807) is 38.1 Å². The van der Waals surface area contributed by atoms with E-state index in [4.69, 9.17) is 27.9 Å². The Morgan fingerprint density at radius 3 is 2.44 bits per heavy atom. The van der Waals surface area contributed by atoms with Crippen LogP contribution in [0.2, 0.25) is 10.0 Å². The van der Waals surface area contributed by atoms with E-state index in [0.29, 0.717) is 27.0 Å². The van der Waals surface area contributed by atoms with Crippen molar-refractivity contribution in [1.29, 1.82) is 0 Å². The fraction of sp³-hybridized carbons (Fsp3) is 0.222. The van der Waals surface area contributed by atoms with Crippen LogP contribution < -0.4 is 9.64 Å². The third-order valence-corrected chi connectivity index (χ3v) is 4.71. The van der Waals surface area contributed by atoms with Crippen LogP contribution in [0.1, 0.15) is 29.8 Å². The second-order valence-corrected chi connectivity index (χ2v) is 7.01. The number of ether oxygens (including phenoxy) is 1. The zero-order valence-electron chi connectivity index (χ0n) is 13.5. The molecule has 0 bridgehead atoms.